The van der Waals surface area contributed by atoms with Gasteiger partial charge >= 0.3 is 0 Å². The normalized spacial score (nSPS) is 14.4. The van der Waals surface area contributed by atoms with Gasteiger partial charge in [0.2, 0.25) is 0 Å². The molecule has 0 aromatic heterocycles. The lowest BCUT2D eigenvalue weighted by molar-refractivity contribution is -0.385. The first-order chi connectivity index (χ1) is 6.61. The van der Waals surface area contributed by atoms with Crippen LogP contribution in [0.4, 0.5) is 5.69 Å². The number of nitro benzene ring substituents is 1. The Labute approximate surface area is 80.1 Å². The largest absolute Gasteiger partial charge is 0.337 e. The molecule has 1 aliphatic rings. The third kappa shape index (κ3) is 1.06. The van der Waals surface area contributed by atoms with E-state index in [-0.39, 0.29) is 11.6 Å². The van der Waals surface area contributed by atoms with Gasteiger partial charge in [0.1, 0.15) is 0 Å². The lowest BCUT2D eigenvalue weighted by Crippen LogP contribution is -2.17. The van der Waals surface area contributed by atoms with Gasteiger partial charge in [0, 0.05) is 13.1 Å². The number of carbonyl (C=O) groups excluding carboxylic acids is 1. The maximum absolute atomic E-state index is 11.5. The van der Waals surface area contributed by atoms with Crippen molar-refractivity contribution in [3.05, 3.63) is 39.4 Å². The number of amides is 1. The summed E-state index contributed by atoms with van der Waals surface area (Å²) in [5, 5.41) is 10.6. The monoisotopic (exact) mass is 192 g/mol. The average Bonchev–Trinajstić information content (AvgIpc) is 2.43. The minimum atomic E-state index is -0.453. The quantitative estimate of drug-likeness (QED) is 0.495. The number of nitrogens with zero attached hydrogens (tertiary/aromatic N) is 2. The Morgan fingerprint density at radius 3 is 2.86 bits per heavy atom. The average molecular weight is 192 g/mol. The second-order valence-electron chi connectivity index (χ2n) is 3.22. The first-order valence-electron chi connectivity index (χ1n) is 4.13. The molecule has 0 N–H and O–H groups in total. The van der Waals surface area contributed by atoms with Crippen molar-refractivity contribution in [3.63, 3.8) is 0 Å². The third-order valence-corrected chi connectivity index (χ3v) is 2.32. The fourth-order valence-corrected chi connectivity index (χ4v) is 1.63. The smallest absolute Gasteiger partial charge is 0.275 e. The number of carbonyl (C=O) groups is 1. The van der Waals surface area contributed by atoms with E-state index in [2.05, 4.69) is 0 Å². The number of benzene rings is 1. The van der Waals surface area contributed by atoms with Crippen molar-refractivity contribution >= 4 is 11.6 Å². The number of rotatable bonds is 1. The molecule has 1 heterocycles. The van der Waals surface area contributed by atoms with Crippen molar-refractivity contribution in [2.75, 3.05) is 7.05 Å². The Morgan fingerprint density at radius 2 is 2.21 bits per heavy atom. The molecule has 0 spiro atoms. The molecule has 5 nitrogen and oxygen atoms in total. The highest BCUT2D eigenvalue weighted by Crippen LogP contribution is 2.29. The maximum atomic E-state index is 11.5. The number of nitro groups is 1. The van der Waals surface area contributed by atoms with Crippen LogP contribution in [-0.2, 0) is 6.54 Å². The summed E-state index contributed by atoms with van der Waals surface area (Å²) >= 11 is 0. The Kier molecular flexibility index (Phi) is 1.73. The van der Waals surface area contributed by atoms with E-state index in [1.807, 2.05) is 0 Å². The molecule has 0 saturated heterocycles. The molecule has 72 valence electrons. The Morgan fingerprint density at radius 1 is 1.50 bits per heavy atom. The van der Waals surface area contributed by atoms with Crippen LogP contribution < -0.4 is 0 Å². The standard InChI is InChI=1S/C9H8N2O3/c1-10-5-7-6(9(10)12)3-2-4-8(7)11(13)14/h2-4H,5H2,1H3. The summed E-state index contributed by atoms with van der Waals surface area (Å²) in [6.07, 6.45) is 0. The van der Waals surface area contributed by atoms with Crippen molar-refractivity contribution in [2.24, 2.45) is 0 Å². The summed E-state index contributed by atoms with van der Waals surface area (Å²) in [6.45, 7) is 0.325. The molecule has 0 fully saturated rings. The summed E-state index contributed by atoms with van der Waals surface area (Å²) in [4.78, 5) is 23.1. The van der Waals surface area contributed by atoms with E-state index in [0.717, 1.165) is 0 Å². The fraction of sp³-hybridized carbons (Fsp3) is 0.222. The van der Waals surface area contributed by atoms with Gasteiger partial charge in [0.25, 0.3) is 11.6 Å². The fourth-order valence-electron chi connectivity index (χ4n) is 1.63. The SMILES string of the molecule is CN1Cc2c(cccc2[N+](=O)[O-])C1=O. The molecule has 0 atom stereocenters. The molecule has 0 unspecified atom stereocenters. The molecule has 0 bridgehead atoms. The molecule has 0 aliphatic carbocycles. The molecule has 0 radical (unpaired) electrons. The number of fused-ring (bicyclic) bond motifs is 1. The van der Waals surface area contributed by atoms with Gasteiger partial charge < -0.3 is 4.90 Å². The van der Waals surface area contributed by atoms with Crippen LogP contribution in [0.25, 0.3) is 0 Å². The van der Waals surface area contributed by atoms with Crippen molar-refractivity contribution in [1.29, 1.82) is 0 Å². The van der Waals surface area contributed by atoms with Gasteiger partial charge in [0.15, 0.2) is 0 Å². The van der Waals surface area contributed by atoms with Crippen LogP contribution in [0.3, 0.4) is 0 Å². The lowest BCUT2D eigenvalue weighted by atomic mass is 10.1. The predicted molar refractivity (Wildman–Crippen MR) is 48.9 cm³/mol. The van der Waals surface area contributed by atoms with Gasteiger partial charge in [-0.1, -0.05) is 6.07 Å². The number of hydrogen-bond donors (Lipinski definition) is 0. The highest BCUT2D eigenvalue weighted by molar-refractivity contribution is 5.99. The Bertz CT molecular complexity index is 428. The van der Waals surface area contributed by atoms with Gasteiger partial charge in [-0.2, -0.15) is 0 Å². The molecular weight excluding hydrogens is 184 g/mol. The molecule has 14 heavy (non-hydrogen) atoms. The van der Waals surface area contributed by atoms with E-state index in [0.29, 0.717) is 17.7 Å². The van der Waals surface area contributed by atoms with Gasteiger partial charge in [-0.25, -0.2) is 0 Å². The van der Waals surface area contributed by atoms with E-state index in [9.17, 15) is 14.9 Å². The first-order valence-corrected chi connectivity index (χ1v) is 4.13. The zero-order chi connectivity index (χ0) is 10.3. The highest BCUT2D eigenvalue weighted by Gasteiger charge is 2.30. The van der Waals surface area contributed by atoms with Crippen LogP contribution in [0, 0.1) is 10.1 Å². The topological polar surface area (TPSA) is 63.4 Å². The molecule has 1 aromatic rings. The molecular formula is C9H8N2O3. The second-order valence-corrected chi connectivity index (χ2v) is 3.22. The molecule has 1 aromatic carbocycles. The van der Waals surface area contributed by atoms with Crippen LogP contribution in [0.2, 0.25) is 0 Å². The zero-order valence-electron chi connectivity index (χ0n) is 7.56. The van der Waals surface area contributed by atoms with Gasteiger partial charge in [-0.05, 0) is 6.07 Å². The van der Waals surface area contributed by atoms with E-state index in [4.69, 9.17) is 0 Å². The van der Waals surface area contributed by atoms with E-state index >= 15 is 0 Å². The zero-order valence-corrected chi connectivity index (χ0v) is 7.56. The highest BCUT2D eigenvalue weighted by atomic mass is 16.6. The van der Waals surface area contributed by atoms with Crippen LogP contribution in [0.5, 0.6) is 0 Å². The number of hydrogen-bond acceptors (Lipinski definition) is 3. The van der Waals surface area contributed by atoms with Gasteiger partial charge in [-0.15, -0.1) is 0 Å². The summed E-state index contributed by atoms with van der Waals surface area (Å²) in [7, 11) is 1.63. The van der Waals surface area contributed by atoms with Crippen molar-refractivity contribution in [3.8, 4) is 0 Å². The second kappa shape index (κ2) is 2.80. The van der Waals surface area contributed by atoms with Crippen LogP contribution in [-0.4, -0.2) is 22.8 Å². The molecule has 5 heteroatoms. The van der Waals surface area contributed by atoms with E-state index in [1.54, 1.807) is 13.1 Å². The summed E-state index contributed by atoms with van der Waals surface area (Å²) in [5.41, 5.74) is 0.993. The molecule has 2 rings (SSSR count). The lowest BCUT2D eigenvalue weighted by Gasteiger charge is -2.04. The van der Waals surface area contributed by atoms with Gasteiger partial charge in [0.05, 0.1) is 22.6 Å². The van der Waals surface area contributed by atoms with Crippen LogP contribution in [0.1, 0.15) is 15.9 Å². The molecule has 1 amide bonds. The summed E-state index contributed by atoms with van der Waals surface area (Å²) in [5.74, 6) is -0.149. The minimum Gasteiger partial charge on any atom is -0.337 e. The third-order valence-electron chi connectivity index (χ3n) is 2.32. The van der Waals surface area contributed by atoms with Crippen molar-refractivity contribution in [1.82, 2.24) is 4.90 Å². The summed E-state index contributed by atoms with van der Waals surface area (Å²) in [6, 6.07) is 4.58. The van der Waals surface area contributed by atoms with Gasteiger partial charge in [-0.3, -0.25) is 14.9 Å². The predicted octanol–water partition coefficient (Wildman–Crippen LogP) is 1.18. The van der Waals surface area contributed by atoms with E-state index < -0.39 is 4.92 Å². The van der Waals surface area contributed by atoms with Crippen molar-refractivity contribution in [2.45, 2.75) is 6.54 Å². The Hall–Kier alpha value is -1.91. The van der Waals surface area contributed by atoms with Crippen LogP contribution in [0.15, 0.2) is 18.2 Å². The Balaban J connectivity index is 2.61. The molecule has 0 saturated carbocycles. The van der Waals surface area contributed by atoms with Crippen LogP contribution >= 0.6 is 0 Å². The molecule has 1 aliphatic heterocycles. The maximum Gasteiger partial charge on any atom is 0.275 e. The summed E-state index contributed by atoms with van der Waals surface area (Å²) < 4.78 is 0. The van der Waals surface area contributed by atoms with Crippen molar-refractivity contribution < 1.29 is 9.72 Å². The minimum absolute atomic E-state index is 0.0280. The van der Waals surface area contributed by atoms with E-state index in [1.165, 1.54) is 17.0 Å². The first kappa shape index (κ1) is 8.68.